The Hall–Kier alpha value is -1.92. The lowest BCUT2D eigenvalue weighted by molar-refractivity contribution is 0.0702. The molecule has 0 radical (unpaired) electrons. The van der Waals surface area contributed by atoms with Gasteiger partial charge in [0.15, 0.2) is 0 Å². The summed E-state index contributed by atoms with van der Waals surface area (Å²) in [5, 5.41) is 13.6. The number of benzene rings is 1. The van der Waals surface area contributed by atoms with Crippen molar-refractivity contribution in [1.29, 1.82) is 0 Å². The van der Waals surface area contributed by atoms with E-state index >= 15 is 0 Å². The molecule has 0 atom stereocenters. The third-order valence-electron chi connectivity index (χ3n) is 3.32. The molecule has 0 aliphatic rings. The summed E-state index contributed by atoms with van der Waals surface area (Å²) in [5.74, 6) is -0.896. The number of hydrogen-bond donors (Lipinski definition) is 1. The molecule has 0 fully saturated rings. The largest absolute Gasteiger partial charge is 0.477 e. The SMILES string of the molecule is Cc1sc(C(=O)O)cc1-c1cn(Cc2ccccc2)nc1Br. The Morgan fingerprint density at radius 1 is 1.32 bits per heavy atom. The highest BCUT2D eigenvalue weighted by Gasteiger charge is 2.17. The number of rotatable bonds is 4. The second-order valence-corrected chi connectivity index (χ2v) is 6.91. The summed E-state index contributed by atoms with van der Waals surface area (Å²) >= 11 is 4.75. The Morgan fingerprint density at radius 3 is 2.68 bits per heavy atom. The van der Waals surface area contributed by atoms with E-state index in [1.54, 1.807) is 6.07 Å². The normalized spacial score (nSPS) is 10.8. The molecule has 3 aromatic rings. The van der Waals surface area contributed by atoms with Crippen LogP contribution in [-0.4, -0.2) is 20.9 Å². The molecule has 0 spiro atoms. The van der Waals surface area contributed by atoms with Gasteiger partial charge in [-0.3, -0.25) is 4.68 Å². The lowest BCUT2D eigenvalue weighted by Gasteiger charge is -2.00. The van der Waals surface area contributed by atoms with E-state index < -0.39 is 5.97 Å². The maximum atomic E-state index is 11.1. The highest BCUT2D eigenvalue weighted by Crippen LogP contribution is 2.35. The lowest BCUT2D eigenvalue weighted by Crippen LogP contribution is -1.99. The highest BCUT2D eigenvalue weighted by atomic mass is 79.9. The fraction of sp³-hybridized carbons (Fsp3) is 0.125. The fourth-order valence-corrected chi connectivity index (χ4v) is 3.68. The molecule has 0 amide bonds. The van der Waals surface area contributed by atoms with Gasteiger partial charge in [0.25, 0.3) is 0 Å². The van der Waals surface area contributed by atoms with Crippen LogP contribution in [-0.2, 0) is 6.54 Å². The van der Waals surface area contributed by atoms with Gasteiger partial charge in [-0.25, -0.2) is 4.79 Å². The van der Waals surface area contributed by atoms with Gasteiger partial charge in [-0.1, -0.05) is 30.3 Å². The number of aromatic carboxylic acids is 1. The molecule has 2 heterocycles. The second-order valence-electron chi connectivity index (χ2n) is 4.90. The van der Waals surface area contributed by atoms with Gasteiger partial charge in [0.05, 0.1) is 6.54 Å². The topological polar surface area (TPSA) is 55.1 Å². The molecule has 22 heavy (non-hydrogen) atoms. The van der Waals surface area contributed by atoms with E-state index in [4.69, 9.17) is 5.11 Å². The van der Waals surface area contributed by atoms with E-state index in [-0.39, 0.29) is 0 Å². The van der Waals surface area contributed by atoms with Crippen molar-refractivity contribution >= 4 is 33.2 Å². The van der Waals surface area contributed by atoms with Crippen LogP contribution in [0.15, 0.2) is 47.2 Å². The van der Waals surface area contributed by atoms with Crippen LogP contribution in [0.3, 0.4) is 0 Å². The van der Waals surface area contributed by atoms with Crippen molar-refractivity contribution in [2.75, 3.05) is 0 Å². The van der Waals surface area contributed by atoms with Gasteiger partial charge in [0.1, 0.15) is 9.48 Å². The third-order valence-corrected chi connectivity index (χ3v) is 4.95. The van der Waals surface area contributed by atoms with E-state index in [2.05, 4.69) is 21.0 Å². The Kier molecular flexibility index (Phi) is 4.13. The van der Waals surface area contributed by atoms with Gasteiger partial charge in [-0.2, -0.15) is 5.10 Å². The Morgan fingerprint density at radius 2 is 2.05 bits per heavy atom. The number of carboxylic acid groups (broad SMARTS) is 1. The predicted octanol–water partition coefficient (Wildman–Crippen LogP) is 4.43. The van der Waals surface area contributed by atoms with Gasteiger partial charge in [-0.05, 0) is 34.5 Å². The summed E-state index contributed by atoms with van der Waals surface area (Å²) in [5.41, 5.74) is 2.99. The number of carboxylic acids is 1. The van der Waals surface area contributed by atoms with Gasteiger partial charge in [0, 0.05) is 22.2 Å². The first-order chi connectivity index (χ1) is 10.5. The van der Waals surface area contributed by atoms with Crippen LogP contribution in [0.2, 0.25) is 0 Å². The Bertz CT molecular complexity index is 824. The number of aryl methyl sites for hydroxylation is 1. The number of nitrogens with zero attached hydrogens (tertiary/aromatic N) is 2. The van der Waals surface area contributed by atoms with Crippen LogP contribution in [0.1, 0.15) is 20.1 Å². The number of hydrogen-bond acceptors (Lipinski definition) is 3. The van der Waals surface area contributed by atoms with E-state index in [0.29, 0.717) is 11.4 Å². The molecule has 2 aromatic heterocycles. The van der Waals surface area contributed by atoms with E-state index in [0.717, 1.165) is 26.2 Å². The molecule has 0 aliphatic heterocycles. The quantitative estimate of drug-likeness (QED) is 0.732. The summed E-state index contributed by atoms with van der Waals surface area (Å²) in [4.78, 5) is 12.4. The maximum Gasteiger partial charge on any atom is 0.345 e. The molecule has 0 saturated heterocycles. The summed E-state index contributed by atoms with van der Waals surface area (Å²) in [6, 6.07) is 11.8. The van der Waals surface area contributed by atoms with Crippen LogP contribution in [0, 0.1) is 6.92 Å². The van der Waals surface area contributed by atoms with Gasteiger partial charge in [-0.15, -0.1) is 11.3 Å². The third kappa shape index (κ3) is 2.98. The molecule has 0 saturated carbocycles. The molecule has 0 bridgehead atoms. The molecule has 112 valence electrons. The summed E-state index contributed by atoms with van der Waals surface area (Å²) in [6.07, 6.45) is 1.94. The van der Waals surface area contributed by atoms with Crippen LogP contribution < -0.4 is 0 Å². The average molecular weight is 377 g/mol. The summed E-state index contributed by atoms with van der Waals surface area (Å²) in [6.45, 7) is 2.60. The number of aromatic nitrogens is 2. The zero-order chi connectivity index (χ0) is 15.7. The van der Waals surface area contributed by atoms with Crippen LogP contribution in [0.5, 0.6) is 0 Å². The number of carbonyl (C=O) groups is 1. The van der Waals surface area contributed by atoms with Crippen molar-refractivity contribution in [2.45, 2.75) is 13.5 Å². The maximum absolute atomic E-state index is 11.1. The fourth-order valence-electron chi connectivity index (χ4n) is 2.28. The summed E-state index contributed by atoms with van der Waals surface area (Å²) in [7, 11) is 0. The standard InChI is InChI=1S/C16H13BrN2O2S/c1-10-12(7-14(22-10)16(20)21)13-9-19(18-15(13)17)8-11-5-3-2-4-6-11/h2-7,9H,8H2,1H3,(H,20,21). The summed E-state index contributed by atoms with van der Waals surface area (Å²) < 4.78 is 2.58. The minimum Gasteiger partial charge on any atom is -0.477 e. The molecule has 0 aliphatic carbocycles. The first-order valence-electron chi connectivity index (χ1n) is 6.65. The van der Waals surface area contributed by atoms with Crippen LogP contribution >= 0.6 is 27.3 Å². The molecule has 1 N–H and O–H groups in total. The molecule has 4 nitrogen and oxygen atoms in total. The van der Waals surface area contributed by atoms with E-state index in [9.17, 15) is 4.79 Å². The minimum absolute atomic E-state index is 0.343. The van der Waals surface area contributed by atoms with Crippen molar-refractivity contribution < 1.29 is 9.90 Å². The van der Waals surface area contributed by atoms with Gasteiger partial charge < -0.3 is 5.11 Å². The monoisotopic (exact) mass is 376 g/mol. The first kappa shape index (κ1) is 15.0. The molecule has 1 aromatic carbocycles. The van der Waals surface area contributed by atoms with Crippen molar-refractivity contribution in [3.8, 4) is 11.1 Å². The Labute approximate surface area is 140 Å². The molecule has 6 heteroatoms. The molecule has 0 unspecified atom stereocenters. The zero-order valence-corrected chi connectivity index (χ0v) is 14.2. The van der Waals surface area contributed by atoms with Crippen molar-refractivity contribution in [1.82, 2.24) is 9.78 Å². The number of thiophene rings is 1. The molecule has 3 rings (SSSR count). The smallest absolute Gasteiger partial charge is 0.345 e. The lowest BCUT2D eigenvalue weighted by atomic mass is 10.1. The van der Waals surface area contributed by atoms with Crippen molar-refractivity contribution in [3.63, 3.8) is 0 Å². The van der Waals surface area contributed by atoms with E-state index in [1.165, 1.54) is 11.3 Å². The minimum atomic E-state index is -0.896. The predicted molar refractivity (Wildman–Crippen MR) is 90.5 cm³/mol. The van der Waals surface area contributed by atoms with Gasteiger partial charge in [0.2, 0.25) is 0 Å². The van der Waals surface area contributed by atoms with Gasteiger partial charge >= 0.3 is 5.97 Å². The molecular formula is C16H13BrN2O2S. The second kappa shape index (κ2) is 6.06. The molecular weight excluding hydrogens is 364 g/mol. The van der Waals surface area contributed by atoms with Crippen LogP contribution in [0.4, 0.5) is 0 Å². The first-order valence-corrected chi connectivity index (χ1v) is 8.26. The number of halogens is 1. The Balaban J connectivity index is 1.94. The zero-order valence-electron chi connectivity index (χ0n) is 11.8. The highest BCUT2D eigenvalue weighted by molar-refractivity contribution is 9.10. The van der Waals surface area contributed by atoms with Crippen LogP contribution in [0.25, 0.3) is 11.1 Å². The average Bonchev–Trinajstić information content (AvgIpc) is 3.03. The van der Waals surface area contributed by atoms with Crippen molar-refractivity contribution in [2.24, 2.45) is 0 Å². The van der Waals surface area contributed by atoms with Crippen molar-refractivity contribution in [3.05, 3.63) is 62.5 Å². The van der Waals surface area contributed by atoms with E-state index in [1.807, 2.05) is 48.1 Å².